The molecule has 2 heterocycles. The Hall–Kier alpha value is -2.61. The monoisotopic (exact) mass is 399 g/mol. The molecule has 0 spiro atoms. The summed E-state index contributed by atoms with van der Waals surface area (Å²) in [5, 5.41) is 9.63. The third-order valence-corrected chi connectivity index (χ3v) is 5.50. The number of allylic oxidation sites excluding steroid dienone is 1. The lowest BCUT2D eigenvalue weighted by atomic mass is 10.1. The Kier molecular flexibility index (Phi) is 6.18. The highest BCUT2D eigenvalue weighted by molar-refractivity contribution is 7.99. The first kappa shape index (κ1) is 20.1. The first-order chi connectivity index (χ1) is 13.4. The molecule has 0 aliphatic carbocycles. The first-order valence-corrected chi connectivity index (χ1v) is 10.3. The summed E-state index contributed by atoms with van der Waals surface area (Å²) in [4.78, 5) is 27.0. The number of nitrogens with zero attached hydrogens (tertiary/aromatic N) is 5. The minimum absolute atomic E-state index is 0.0473. The van der Waals surface area contributed by atoms with Crippen molar-refractivity contribution in [2.75, 3.05) is 19.3 Å². The Morgan fingerprint density at radius 3 is 2.79 bits per heavy atom. The third kappa shape index (κ3) is 3.96. The number of fused-ring (bicyclic) bond motifs is 3. The van der Waals surface area contributed by atoms with Crippen molar-refractivity contribution in [1.29, 1.82) is 0 Å². The number of carbonyl (C=O) groups is 1. The fourth-order valence-corrected chi connectivity index (χ4v) is 3.81. The second-order valence-corrected chi connectivity index (χ2v) is 8.07. The Balaban J connectivity index is 1.94. The fraction of sp³-hybridized carbons (Fsp3) is 0.400. The van der Waals surface area contributed by atoms with Gasteiger partial charge in [0.25, 0.3) is 5.56 Å². The van der Waals surface area contributed by atoms with Crippen LogP contribution in [0.5, 0.6) is 0 Å². The van der Waals surface area contributed by atoms with Crippen molar-refractivity contribution in [3.63, 3.8) is 0 Å². The summed E-state index contributed by atoms with van der Waals surface area (Å²) in [6.45, 7) is 9.09. The maximum Gasteiger partial charge on any atom is 0.263 e. The molecule has 7 nitrogen and oxygen atoms in total. The molecular weight excluding hydrogens is 374 g/mol. The standard InChI is InChI=1S/C20H25N5O2S/c1-5-11-24-18(27)15-8-6-7-9-16(15)25-19(24)21-22-20(25)28-13-17(26)23(4)12-10-14(2)3/h5-9,14H,1,10-13H2,2-4H3. The molecule has 1 aromatic carbocycles. The van der Waals surface area contributed by atoms with Crippen LogP contribution in [0.4, 0.5) is 0 Å². The van der Waals surface area contributed by atoms with Gasteiger partial charge in [-0.1, -0.05) is 43.8 Å². The molecule has 0 N–H and O–H groups in total. The van der Waals surface area contributed by atoms with Gasteiger partial charge in [-0.2, -0.15) is 0 Å². The molecule has 0 fully saturated rings. The number of benzene rings is 1. The van der Waals surface area contributed by atoms with Gasteiger partial charge in [-0.15, -0.1) is 16.8 Å². The first-order valence-electron chi connectivity index (χ1n) is 9.28. The van der Waals surface area contributed by atoms with Crippen LogP contribution in [0.25, 0.3) is 16.7 Å². The van der Waals surface area contributed by atoms with E-state index in [0.29, 0.717) is 28.8 Å². The summed E-state index contributed by atoms with van der Waals surface area (Å²) in [5.74, 6) is 1.32. The summed E-state index contributed by atoms with van der Waals surface area (Å²) in [6.07, 6.45) is 2.63. The smallest absolute Gasteiger partial charge is 0.263 e. The topological polar surface area (TPSA) is 72.5 Å². The maximum atomic E-state index is 12.8. The van der Waals surface area contributed by atoms with Crippen molar-refractivity contribution in [2.24, 2.45) is 5.92 Å². The lowest BCUT2D eigenvalue weighted by molar-refractivity contribution is -0.127. The van der Waals surface area contributed by atoms with Gasteiger partial charge in [-0.3, -0.25) is 18.6 Å². The summed E-state index contributed by atoms with van der Waals surface area (Å²) < 4.78 is 3.38. The Bertz CT molecular complexity index is 1070. The van der Waals surface area contributed by atoms with E-state index in [1.54, 1.807) is 21.6 Å². The number of aromatic nitrogens is 4. The van der Waals surface area contributed by atoms with Crippen LogP contribution in [-0.4, -0.2) is 49.3 Å². The minimum Gasteiger partial charge on any atom is -0.345 e. The second-order valence-electron chi connectivity index (χ2n) is 7.13. The Labute approximate surface area is 168 Å². The van der Waals surface area contributed by atoms with E-state index in [-0.39, 0.29) is 17.2 Å². The van der Waals surface area contributed by atoms with Gasteiger partial charge in [-0.25, -0.2) is 0 Å². The maximum absolute atomic E-state index is 12.8. The van der Waals surface area contributed by atoms with Gasteiger partial charge in [0, 0.05) is 20.1 Å². The van der Waals surface area contributed by atoms with E-state index in [2.05, 4.69) is 30.6 Å². The number of thioether (sulfide) groups is 1. The van der Waals surface area contributed by atoms with E-state index in [9.17, 15) is 9.59 Å². The summed E-state index contributed by atoms with van der Waals surface area (Å²) >= 11 is 1.33. The van der Waals surface area contributed by atoms with Crippen molar-refractivity contribution < 1.29 is 4.79 Å². The van der Waals surface area contributed by atoms with E-state index in [0.717, 1.165) is 18.5 Å². The number of hydrogen-bond donors (Lipinski definition) is 0. The molecule has 0 unspecified atom stereocenters. The highest BCUT2D eigenvalue weighted by Crippen LogP contribution is 2.22. The highest BCUT2D eigenvalue weighted by atomic mass is 32.2. The SMILES string of the molecule is C=CCn1c(=O)c2ccccc2n2c(SCC(=O)N(C)CCC(C)C)nnc12. The second kappa shape index (κ2) is 8.60. The van der Waals surface area contributed by atoms with Crippen molar-refractivity contribution in [2.45, 2.75) is 32.0 Å². The van der Waals surface area contributed by atoms with Gasteiger partial charge in [0.1, 0.15) is 0 Å². The van der Waals surface area contributed by atoms with Gasteiger partial charge in [0.05, 0.1) is 16.7 Å². The van der Waals surface area contributed by atoms with Crippen LogP contribution in [0.3, 0.4) is 0 Å². The molecule has 8 heteroatoms. The molecule has 0 bridgehead atoms. The van der Waals surface area contributed by atoms with Crippen LogP contribution in [0.1, 0.15) is 20.3 Å². The van der Waals surface area contributed by atoms with Gasteiger partial charge in [0.15, 0.2) is 5.16 Å². The molecule has 0 atom stereocenters. The number of hydrogen-bond acceptors (Lipinski definition) is 5. The lowest BCUT2D eigenvalue weighted by Gasteiger charge is -2.17. The Morgan fingerprint density at radius 2 is 2.07 bits per heavy atom. The molecule has 0 saturated heterocycles. The highest BCUT2D eigenvalue weighted by Gasteiger charge is 2.18. The van der Waals surface area contributed by atoms with Crippen molar-refractivity contribution in [3.8, 4) is 0 Å². The molecule has 28 heavy (non-hydrogen) atoms. The van der Waals surface area contributed by atoms with E-state index >= 15 is 0 Å². The number of para-hydroxylation sites is 1. The van der Waals surface area contributed by atoms with Crippen LogP contribution in [0.15, 0.2) is 46.9 Å². The summed E-state index contributed by atoms with van der Waals surface area (Å²) in [6, 6.07) is 7.36. The third-order valence-electron chi connectivity index (χ3n) is 4.58. The van der Waals surface area contributed by atoms with Gasteiger partial charge < -0.3 is 4.90 Å². The molecular formula is C20H25N5O2S. The van der Waals surface area contributed by atoms with Crippen LogP contribution < -0.4 is 5.56 Å². The summed E-state index contributed by atoms with van der Waals surface area (Å²) in [5.41, 5.74) is 0.604. The average Bonchev–Trinajstić information content (AvgIpc) is 3.11. The molecule has 148 valence electrons. The fourth-order valence-electron chi connectivity index (χ4n) is 2.93. The molecule has 1 amide bonds. The lowest BCUT2D eigenvalue weighted by Crippen LogP contribution is -2.30. The van der Waals surface area contributed by atoms with Crippen LogP contribution >= 0.6 is 11.8 Å². The minimum atomic E-state index is -0.128. The van der Waals surface area contributed by atoms with Gasteiger partial charge >= 0.3 is 0 Å². The molecule has 0 aliphatic heterocycles. The Morgan fingerprint density at radius 1 is 1.32 bits per heavy atom. The molecule has 3 rings (SSSR count). The quantitative estimate of drug-likeness (QED) is 0.430. The van der Waals surface area contributed by atoms with Crippen LogP contribution in [0, 0.1) is 5.92 Å². The molecule has 0 aliphatic rings. The molecule has 2 aromatic heterocycles. The summed E-state index contributed by atoms with van der Waals surface area (Å²) in [7, 11) is 1.82. The van der Waals surface area contributed by atoms with Crippen molar-refractivity contribution in [3.05, 3.63) is 47.3 Å². The van der Waals surface area contributed by atoms with Crippen molar-refractivity contribution >= 4 is 34.3 Å². The number of rotatable bonds is 8. The zero-order valence-electron chi connectivity index (χ0n) is 16.5. The van der Waals surface area contributed by atoms with Crippen LogP contribution in [0.2, 0.25) is 0 Å². The average molecular weight is 400 g/mol. The van der Waals surface area contributed by atoms with E-state index < -0.39 is 0 Å². The number of carbonyl (C=O) groups excluding carboxylic acids is 1. The predicted molar refractivity (Wildman–Crippen MR) is 113 cm³/mol. The zero-order chi connectivity index (χ0) is 20.3. The van der Waals surface area contributed by atoms with E-state index in [1.165, 1.54) is 11.8 Å². The van der Waals surface area contributed by atoms with Crippen LogP contribution in [-0.2, 0) is 11.3 Å². The predicted octanol–water partition coefficient (Wildman–Crippen LogP) is 2.83. The van der Waals surface area contributed by atoms with Gasteiger partial charge in [-0.05, 0) is 24.5 Å². The van der Waals surface area contributed by atoms with E-state index in [4.69, 9.17) is 0 Å². The number of amides is 1. The molecule has 0 saturated carbocycles. The molecule has 3 aromatic rings. The van der Waals surface area contributed by atoms with Gasteiger partial charge in [0.2, 0.25) is 11.7 Å². The van der Waals surface area contributed by atoms with E-state index in [1.807, 2.05) is 29.6 Å². The normalized spacial score (nSPS) is 11.4. The largest absolute Gasteiger partial charge is 0.345 e. The zero-order valence-corrected chi connectivity index (χ0v) is 17.3. The molecule has 0 radical (unpaired) electrons. The van der Waals surface area contributed by atoms with Crippen molar-refractivity contribution in [1.82, 2.24) is 24.1 Å².